The summed E-state index contributed by atoms with van der Waals surface area (Å²) >= 11 is 10.6. The molecule has 2 nitrogen and oxygen atoms in total. The van der Waals surface area contributed by atoms with Gasteiger partial charge in [-0.1, -0.05) is 12.8 Å². The Balaban J connectivity index is 1.82. The summed E-state index contributed by atoms with van der Waals surface area (Å²) in [5, 5.41) is 6.49. The molecule has 0 bridgehead atoms. The van der Waals surface area contributed by atoms with Crippen LogP contribution in [0.3, 0.4) is 0 Å². The molecule has 5 heteroatoms. The largest absolute Gasteiger partial charge is 0.360 e. The van der Waals surface area contributed by atoms with Crippen LogP contribution in [0.1, 0.15) is 31.2 Å². The van der Waals surface area contributed by atoms with E-state index in [4.69, 9.17) is 12.2 Å². The van der Waals surface area contributed by atoms with Gasteiger partial charge in [0.25, 0.3) is 0 Å². The molecule has 1 aliphatic carbocycles. The van der Waals surface area contributed by atoms with E-state index in [2.05, 4.69) is 44.6 Å². The van der Waals surface area contributed by atoms with Crippen LogP contribution in [0.4, 0.5) is 0 Å². The summed E-state index contributed by atoms with van der Waals surface area (Å²) in [6.45, 7) is 0.876. The molecular formula is C12H17BrN2S2. The lowest BCUT2D eigenvalue weighted by Gasteiger charge is -2.23. The molecule has 0 aromatic carbocycles. The van der Waals surface area contributed by atoms with Crippen molar-refractivity contribution in [3.8, 4) is 0 Å². The highest BCUT2D eigenvalue weighted by atomic mass is 79.9. The first-order valence-electron chi connectivity index (χ1n) is 5.89. The fraction of sp³-hybridized carbons (Fsp3) is 0.583. The van der Waals surface area contributed by atoms with E-state index in [0.717, 1.165) is 11.7 Å². The van der Waals surface area contributed by atoms with Gasteiger partial charge in [-0.25, -0.2) is 0 Å². The molecule has 1 aromatic rings. The summed E-state index contributed by atoms with van der Waals surface area (Å²) in [5.74, 6) is 0. The molecule has 1 aliphatic rings. The van der Waals surface area contributed by atoms with Gasteiger partial charge in [-0.2, -0.15) is 0 Å². The molecule has 1 aromatic heterocycles. The van der Waals surface area contributed by atoms with Crippen molar-refractivity contribution < 1.29 is 0 Å². The number of hydrogen-bond acceptors (Lipinski definition) is 2. The lowest BCUT2D eigenvalue weighted by Crippen LogP contribution is -2.41. The van der Waals surface area contributed by atoms with Gasteiger partial charge >= 0.3 is 0 Å². The van der Waals surface area contributed by atoms with Crippen LogP contribution in [0.25, 0.3) is 0 Å². The Hall–Kier alpha value is -0.130. The Labute approximate surface area is 121 Å². The third-order valence-corrected chi connectivity index (χ3v) is 5.05. The Bertz CT molecular complexity index is 386. The third-order valence-electron chi connectivity index (χ3n) is 3.07. The van der Waals surface area contributed by atoms with Crippen LogP contribution >= 0.6 is 39.5 Å². The van der Waals surface area contributed by atoms with E-state index in [-0.39, 0.29) is 0 Å². The Morgan fingerprint density at radius 2 is 2.29 bits per heavy atom. The minimum absolute atomic E-state index is 0.596. The molecule has 0 atom stereocenters. The zero-order chi connectivity index (χ0) is 12.3. The molecule has 17 heavy (non-hydrogen) atoms. The van der Waals surface area contributed by atoms with Crippen LogP contribution in [0, 0.1) is 0 Å². The van der Waals surface area contributed by atoms with Gasteiger partial charge in [-0.15, -0.1) is 11.3 Å². The number of thiophene rings is 1. The molecule has 0 unspecified atom stereocenters. The highest BCUT2D eigenvalue weighted by molar-refractivity contribution is 9.11. The molecule has 0 spiro atoms. The average molecular weight is 333 g/mol. The number of rotatable bonds is 3. The van der Waals surface area contributed by atoms with E-state index in [1.165, 1.54) is 35.0 Å². The molecule has 0 amide bonds. The second-order valence-corrected chi connectivity index (χ2v) is 7.22. The minimum atomic E-state index is 0.596. The number of nitrogens with zero attached hydrogens (tertiary/aromatic N) is 1. The Morgan fingerprint density at radius 1 is 1.59 bits per heavy atom. The summed E-state index contributed by atoms with van der Waals surface area (Å²) in [6, 6.07) is 2.75. The number of hydrogen-bond donors (Lipinski definition) is 1. The van der Waals surface area contributed by atoms with E-state index >= 15 is 0 Å². The summed E-state index contributed by atoms with van der Waals surface area (Å²) in [7, 11) is 2.05. The first-order chi connectivity index (χ1) is 8.15. The molecule has 94 valence electrons. The van der Waals surface area contributed by atoms with Gasteiger partial charge < -0.3 is 10.2 Å². The van der Waals surface area contributed by atoms with Crippen molar-refractivity contribution in [2.75, 3.05) is 7.05 Å². The quantitative estimate of drug-likeness (QED) is 0.848. The van der Waals surface area contributed by atoms with Gasteiger partial charge in [0.2, 0.25) is 0 Å². The van der Waals surface area contributed by atoms with Crippen LogP contribution in [0.5, 0.6) is 0 Å². The maximum absolute atomic E-state index is 5.43. The molecule has 1 fully saturated rings. The first kappa shape index (κ1) is 13.3. The smallest absolute Gasteiger partial charge is 0.169 e. The fourth-order valence-electron chi connectivity index (χ4n) is 2.13. The summed E-state index contributed by atoms with van der Waals surface area (Å²) in [4.78, 5) is 2.11. The van der Waals surface area contributed by atoms with E-state index in [1.807, 2.05) is 0 Å². The van der Waals surface area contributed by atoms with Gasteiger partial charge in [0, 0.05) is 19.6 Å². The van der Waals surface area contributed by atoms with Gasteiger partial charge in [0.05, 0.1) is 3.79 Å². The van der Waals surface area contributed by atoms with E-state index in [9.17, 15) is 0 Å². The van der Waals surface area contributed by atoms with Crippen molar-refractivity contribution in [1.29, 1.82) is 0 Å². The number of halogens is 1. The predicted octanol–water partition coefficient (Wildman–Crippen LogP) is 3.76. The highest BCUT2D eigenvalue weighted by Crippen LogP contribution is 2.22. The van der Waals surface area contributed by atoms with Gasteiger partial charge in [-0.05, 0) is 58.0 Å². The second-order valence-electron chi connectivity index (χ2n) is 4.55. The maximum Gasteiger partial charge on any atom is 0.169 e. The maximum atomic E-state index is 5.43. The molecule has 1 saturated carbocycles. The third kappa shape index (κ3) is 3.93. The number of nitrogens with one attached hydrogen (secondary N) is 1. The number of thiocarbonyl (C=S) groups is 1. The minimum Gasteiger partial charge on any atom is -0.360 e. The highest BCUT2D eigenvalue weighted by Gasteiger charge is 2.17. The van der Waals surface area contributed by atoms with Crippen molar-refractivity contribution in [2.24, 2.45) is 0 Å². The van der Waals surface area contributed by atoms with Crippen molar-refractivity contribution in [3.63, 3.8) is 0 Å². The lowest BCUT2D eigenvalue weighted by atomic mass is 10.2. The Morgan fingerprint density at radius 3 is 2.88 bits per heavy atom. The molecule has 0 aliphatic heterocycles. The summed E-state index contributed by atoms with van der Waals surface area (Å²) < 4.78 is 1.18. The van der Waals surface area contributed by atoms with E-state index in [0.29, 0.717) is 6.04 Å². The molecule has 1 heterocycles. The molecule has 0 radical (unpaired) electrons. The average Bonchev–Trinajstić information content (AvgIpc) is 2.90. The van der Waals surface area contributed by atoms with Crippen LogP contribution in [0.2, 0.25) is 0 Å². The monoisotopic (exact) mass is 332 g/mol. The fourth-order valence-corrected chi connectivity index (χ4v) is 3.56. The summed E-state index contributed by atoms with van der Waals surface area (Å²) in [5.41, 5.74) is 1.31. The topological polar surface area (TPSA) is 15.3 Å². The normalized spacial score (nSPS) is 16.1. The van der Waals surface area contributed by atoms with Crippen LogP contribution in [0.15, 0.2) is 15.2 Å². The van der Waals surface area contributed by atoms with E-state index < -0.39 is 0 Å². The van der Waals surface area contributed by atoms with Crippen molar-refractivity contribution >= 4 is 44.6 Å². The van der Waals surface area contributed by atoms with Gasteiger partial charge in [-0.3, -0.25) is 0 Å². The lowest BCUT2D eigenvalue weighted by molar-refractivity contribution is 0.472. The van der Waals surface area contributed by atoms with Crippen LogP contribution in [-0.2, 0) is 6.54 Å². The van der Waals surface area contributed by atoms with Crippen molar-refractivity contribution in [1.82, 2.24) is 10.2 Å². The summed E-state index contributed by atoms with van der Waals surface area (Å²) in [6.07, 6.45) is 5.19. The molecule has 2 rings (SSSR count). The van der Waals surface area contributed by atoms with Gasteiger partial charge in [0.1, 0.15) is 0 Å². The van der Waals surface area contributed by atoms with Crippen LogP contribution in [-0.4, -0.2) is 23.1 Å². The first-order valence-corrected chi connectivity index (χ1v) is 7.98. The van der Waals surface area contributed by atoms with Crippen molar-refractivity contribution in [2.45, 2.75) is 38.3 Å². The standard InChI is InChI=1S/C12H17BrN2S2/c1-15(7-9-6-11(13)17-8-9)12(16)14-10-4-2-3-5-10/h6,8,10H,2-5,7H2,1H3,(H,14,16). The predicted molar refractivity (Wildman–Crippen MR) is 81.5 cm³/mol. The molecule has 1 N–H and O–H groups in total. The zero-order valence-corrected chi connectivity index (χ0v) is 13.1. The molecular weight excluding hydrogens is 316 g/mol. The SMILES string of the molecule is CN(Cc1csc(Br)c1)C(=S)NC1CCCC1. The second kappa shape index (κ2) is 6.16. The van der Waals surface area contributed by atoms with Crippen molar-refractivity contribution in [3.05, 3.63) is 20.8 Å². The molecule has 0 saturated heterocycles. The van der Waals surface area contributed by atoms with E-state index in [1.54, 1.807) is 11.3 Å². The van der Waals surface area contributed by atoms with Crippen LogP contribution < -0.4 is 5.32 Å². The van der Waals surface area contributed by atoms with Gasteiger partial charge in [0.15, 0.2) is 5.11 Å². The zero-order valence-electron chi connectivity index (χ0n) is 9.91. The Kier molecular flexibility index (Phi) is 4.82.